The third-order valence-electron chi connectivity index (χ3n) is 1.41. The van der Waals surface area contributed by atoms with Crippen molar-refractivity contribution >= 4 is 24.1 Å². The second-order valence-corrected chi connectivity index (χ2v) is 2.35. The predicted octanol–water partition coefficient (Wildman–Crippen LogP) is 1.49. The Hall–Kier alpha value is -1.58. The Morgan fingerprint density at radius 2 is 2.00 bits per heavy atom. The molecule has 0 aliphatic carbocycles. The number of hydrogen-bond acceptors (Lipinski definition) is 2. The molecule has 0 atom stereocenters. The first kappa shape index (κ1) is 9.51. The summed E-state index contributed by atoms with van der Waals surface area (Å²) >= 11 is 0. The number of nitrogens with zero attached hydrogens (tertiary/aromatic N) is 4. The van der Waals surface area contributed by atoms with Crippen molar-refractivity contribution in [1.82, 2.24) is 0 Å². The Bertz CT molecular complexity index is 308. The summed E-state index contributed by atoms with van der Waals surface area (Å²) in [6.45, 7) is 2.05. The standard InChI is InChI=1S/C9H12N4/c1-3-4-5-11-9-8(10-2)12-6-7-13-9/h4-7H,3H2,1-2H3/b5-4+,10-8+,11-9+. The summed E-state index contributed by atoms with van der Waals surface area (Å²) in [7, 11) is 1.67. The first-order chi connectivity index (χ1) is 6.38. The van der Waals surface area contributed by atoms with Gasteiger partial charge in [0.25, 0.3) is 0 Å². The second kappa shape index (κ2) is 5.13. The van der Waals surface area contributed by atoms with Crippen LogP contribution in [-0.4, -0.2) is 31.1 Å². The van der Waals surface area contributed by atoms with Gasteiger partial charge in [-0.1, -0.05) is 13.0 Å². The van der Waals surface area contributed by atoms with Crippen LogP contribution in [0.5, 0.6) is 0 Å². The minimum atomic E-state index is 0.565. The molecule has 0 bridgehead atoms. The molecule has 0 amide bonds. The van der Waals surface area contributed by atoms with Crippen molar-refractivity contribution in [3.8, 4) is 0 Å². The molecule has 4 heteroatoms. The molecule has 0 saturated heterocycles. The normalized spacial score (nSPS) is 22.3. The molecule has 0 N–H and O–H groups in total. The van der Waals surface area contributed by atoms with Gasteiger partial charge in [0.05, 0.1) is 0 Å². The summed E-state index contributed by atoms with van der Waals surface area (Å²) in [4.78, 5) is 16.1. The van der Waals surface area contributed by atoms with Crippen LogP contribution in [0, 0.1) is 0 Å². The molecule has 1 heterocycles. The van der Waals surface area contributed by atoms with Gasteiger partial charge in [-0.05, 0) is 6.42 Å². The number of allylic oxidation sites excluding steroid dienone is 1. The smallest absolute Gasteiger partial charge is 0.197 e. The fourth-order valence-corrected chi connectivity index (χ4v) is 0.801. The largest absolute Gasteiger partial charge is 0.267 e. The maximum absolute atomic E-state index is 4.12. The maximum atomic E-state index is 4.12. The molecule has 4 nitrogen and oxygen atoms in total. The monoisotopic (exact) mass is 176 g/mol. The van der Waals surface area contributed by atoms with Crippen LogP contribution in [0.4, 0.5) is 0 Å². The minimum absolute atomic E-state index is 0.565. The molecule has 0 radical (unpaired) electrons. The van der Waals surface area contributed by atoms with E-state index >= 15 is 0 Å². The van der Waals surface area contributed by atoms with Crippen molar-refractivity contribution in [3.05, 3.63) is 12.3 Å². The van der Waals surface area contributed by atoms with Crippen LogP contribution < -0.4 is 0 Å². The predicted molar refractivity (Wildman–Crippen MR) is 57.2 cm³/mol. The molecule has 68 valence electrons. The molecule has 1 aliphatic heterocycles. The average molecular weight is 176 g/mol. The zero-order valence-corrected chi connectivity index (χ0v) is 7.81. The molecule has 0 aromatic carbocycles. The lowest BCUT2D eigenvalue weighted by atomic mass is 10.4. The molecule has 0 aromatic rings. The van der Waals surface area contributed by atoms with Crippen molar-refractivity contribution < 1.29 is 0 Å². The van der Waals surface area contributed by atoms with Gasteiger partial charge in [0, 0.05) is 25.7 Å². The van der Waals surface area contributed by atoms with Crippen LogP contribution in [-0.2, 0) is 0 Å². The Labute approximate surface area is 77.5 Å². The van der Waals surface area contributed by atoms with Gasteiger partial charge in [0.15, 0.2) is 11.7 Å². The Kier molecular flexibility index (Phi) is 3.75. The van der Waals surface area contributed by atoms with Crippen molar-refractivity contribution in [2.24, 2.45) is 20.0 Å². The number of aliphatic imine (C=N–C) groups is 4. The number of amidine groups is 2. The van der Waals surface area contributed by atoms with E-state index in [1.165, 1.54) is 0 Å². The summed E-state index contributed by atoms with van der Waals surface area (Å²) in [5.74, 6) is 1.14. The highest BCUT2D eigenvalue weighted by atomic mass is 15.0. The van der Waals surface area contributed by atoms with Crippen molar-refractivity contribution in [1.29, 1.82) is 0 Å². The van der Waals surface area contributed by atoms with Crippen LogP contribution in [0.1, 0.15) is 13.3 Å². The third-order valence-corrected chi connectivity index (χ3v) is 1.41. The molecule has 1 aliphatic rings. The molecule has 1 rings (SSSR count). The average Bonchev–Trinajstić information content (AvgIpc) is 2.19. The van der Waals surface area contributed by atoms with E-state index in [-0.39, 0.29) is 0 Å². The fourth-order valence-electron chi connectivity index (χ4n) is 0.801. The highest BCUT2D eigenvalue weighted by Gasteiger charge is 2.05. The van der Waals surface area contributed by atoms with Gasteiger partial charge in [-0.15, -0.1) is 0 Å². The van der Waals surface area contributed by atoms with Gasteiger partial charge in [0.1, 0.15) is 0 Å². The van der Waals surface area contributed by atoms with E-state index in [1.54, 1.807) is 25.7 Å². The summed E-state index contributed by atoms with van der Waals surface area (Å²) in [5.41, 5.74) is 0. The molecule has 13 heavy (non-hydrogen) atoms. The van der Waals surface area contributed by atoms with Crippen LogP contribution in [0.3, 0.4) is 0 Å². The summed E-state index contributed by atoms with van der Waals surface area (Å²) in [6, 6.07) is 0. The molecule has 0 spiro atoms. The Morgan fingerprint density at radius 3 is 2.62 bits per heavy atom. The Balaban J connectivity index is 2.79. The van der Waals surface area contributed by atoms with Crippen LogP contribution >= 0.6 is 0 Å². The number of rotatable bonds is 2. The lowest BCUT2D eigenvalue weighted by molar-refractivity contribution is 1.21. The highest BCUT2D eigenvalue weighted by molar-refractivity contribution is 6.48. The van der Waals surface area contributed by atoms with Gasteiger partial charge in [-0.25, -0.2) is 15.0 Å². The fraction of sp³-hybridized carbons (Fsp3) is 0.333. The lowest BCUT2D eigenvalue weighted by Crippen LogP contribution is -2.13. The van der Waals surface area contributed by atoms with Crippen LogP contribution in [0.2, 0.25) is 0 Å². The van der Waals surface area contributed by atoms with E-state index in [0.717, 1.165) is 6.42 Å². The molecule has 0 saturated carbocycles. The van der Waals surface area contributed by atoms with Gasteiger partial charge >= 0.3 is 0 Å². The summed E-state index contributed by atoms with van der Waals surface area (Å²) in [6.07, 6.45) is 7.84. The number of hydrogen-bond donors (Lipinski definition) is 0. The second-order valence-electron chi connectivity index (χ2n) is 2.35. The zero-order valence-electron chi connectivity index (χ0n) is 7.81. The van der Waals surface area contributed by atoms with Gasteiger partial charge in [-0.2, -0.15) is 0 Å². The van der Waals surface area contributed by atoms with E-state index in [4.69, 9.17) is 0 Å². The van der Waals surface area contributed by atoms with Crippen molar-refractivity contribution in [3.63, 3.8) is 0 Å². The zero-order chi connectivity index (χ0) is 9.52. The lowest BCUT2D eigenvalue weighted by Gasteiger charge is -2.00. The highest BCUT2D eigenvalue weighted by Crippen LogP contribution is 1.94. The van der Waals surface area contributed by atoms with Crippen LogP contribution in [0.25, 0.3) is 0 Å². The van der Waals surface area contributed by atoms with Gasteiger partial charge in [0.2, 0.25) is 0 Å². The topological polar surface area (TPSA) is 49.4 Å². The molecular formula is C9H12N4. The quantitative estimate of drug-likeness (QED) is 0.612. The van der Waals surface area contributed by atoms with E-state index in [2.05, 4.69) is 20.0 Å². The van der Waals surface area contributed by atoms with E-state index < -0.39 is 0 Å². The van der Waals surface area contributed by atoms with E-state index in [9.17, 15) is 0 Å². The molecular weight excluding hydrogens is 164 g/mol. The van der Waals surface area contributed by atoms with E-state index in [1.807, 2.05) is 13.0 Å². The Morgan fingerprint density at radius 1 is 1.31 bits per heavy atom. The maximum Gasteiger partial charge on any atom is 0.197 e. The van der Waals surface area contributed by atoms with Crippen molar-refractivity contribution in [2.45, 2.75) is 13.3 Å². The van der Waals surface area contributed by atoms with Crippen LogP contribution in [0.15, 0.2) is 32.2 Å². The third kappa shape index (κ3) is 2.74. The van der Waals surface area contributed by atoms with Gasteiger partial charge in [-0.3, -0.25) is 4.99 Å². The molecule has 0 fully saturated rings. The first-order valence-corrected chi connectivity index (χ1v) is 4.15. The molecule has 0 aromatic heterocycles. The first-order valence-electron chi connectivity index (χ1n) is 4.15. The SMILES string of the molecule is CC/C=C/N=C1/N=CC=N/C1=N/C. The van der Waals surface area contributed by atoms with E-state index in [0.29, 0.717) is 11.7 Å². The van der Waals surface area contributed by atoms with Gasteiger partial charge < -0.3 is 0 Å². The summed E-state index contributed by atoms with van der Waals surface area (Å²) < 4.78 is 0. The minimum Gasteiger partial charge on any atom is -0.267 e. The van der Waals surface area contributed by atoms with Crippen molar-refractivity contribution in [2.75, 3.05) is 7.05 Å². The summed E-state index contributed by atoms with van der Waals surface area (Å²) in [5, 5.41) is 0. The molecule has 0 unspecified atom stereocenters.